The predicted octanol–water partition coefficient (Wildman–Crippen LogP) is 1.02. The molecule has 2 atom stereocenters. The minimum atomic E-state index is -0.0306. The van der Waals surface area contributed by atoms with Crippen molar-refractivity contribution in [1.82, 2.24) is 15.6 Å². The van der Waals surface area contributed by atoms with Crippen molar-refractivity contribution in [2.45, 2.75) is 31.8 Å². The third-order valence-corrected chi connectivity index (χ3v) is 3.43. The van der Waals surface area contributed by atoms with Crippen LogP contribution in [0.1, 0.15) is 30.1 Å². The zero-order valence-electron chi connectivity index (χ0n) is 11.8. The van der Waals surface area contributed by atoms with E-state index in [0.29, 0.717) is 11.6 Å². The molecule has 0 saturated carbocycles. The highest BCUT2D eigenvalue weighted by Gasteiger charge is 2.20. The molecule has 0 bridgehead atoms. The number of hydrogen-bond acceptors (Lipinski definition) is 4. The lowest BCUT2D eigenvalue weighted by Crippen LogP contribution is -2.46. The van der Waals surface area contributed by atoms with Gasteiger partial charge in [-0.25, -0.2) is 4.98 Å². The third kappa shape index (κ3) is 3.67. The molecular weight excluding hydrogens is 240 g/mol. The average molecular weight is 262 g/mol. The first-order valence-corrected chi connectivity index (χ1v) is 6.74. The number of nitrogens with one attached hydrogen (secondary N) is 2. The van der Waals surface area contributed by atoms with Gasteiger partial charge in [-0.1, -0.05) is 0 Å². The van der Waals surface area contributed by atoms with Crippen molar-refractivity contribution in [3.8, 4) is 0 Å². The number of hydrogen-bond donors (Lipinski definition) is 2. The molecule has 2 rings (SSSR count). The van der Waals surface area contributed by atoms with E-state index in [4.69, 9.17) is 0 Å². The fourth-order valence-electron chi connectivity index (χ4n) is 2.32. The summed E-state index contributed by atoms with van der Waals surface area (Å²) in [5, 5.41) is 6.46. The van der Waals surface area contributed by atoms with Gasteiger partial charge in [0.2, 0.25) is 0 Å². The molecule has 2 N–H and O–H groups in total. The second-order valence-corrected chi connectivity index (χ2v) is 5.35. The first-order valence-electron chi connectivity index (χ1n) is 6.74. The summed E-state index contributed by atoms with van der Waals surface area (Å²) in [5.41, 5.74) is 0.622. The third-order valence-electron chi connectivity index (χ3n) is 3.43. The fraction of sp³-hybridized carbons (Fsp3) is 0.571. The minimum absolute atomic E-state index is 0.0306. The Morgan fingerprint density at radius 2 is 2.26 bits per heavy atom. The normalized spacial score (nSPS) is 22.9. The van der Waals surface area contributed by atoms with Crippen LogP contribution in [0.4, 0.5) is 5.82 Å². The summed E-state index contributed by atoms with van der Waals surface area (Å²) in [6.07, 6.45) is 3.60. The molecule has 1 aliphatic heterocycles. The molecule has 1 saturated heterocycles. The Morgan fingerprint density at radius 1 is 1.47 bits per heavy atom. The fourth-order valence-corrected chi connectivity index (χ4v) is 2.32. The van der Waals surface area contributed by atoms with E-state index in [0.717, 1.165) is 25.2 Å². The maximum atomic E-state index is 12.1. The van der Waals surface area contributed by atoms with Crippen LogP contribution in [0.15, 0.2) is 18.3 Å². The molecule has 5 nitrogen and oxygen atoms in total. The summed E-state index contributed by atoms with van der Waals surface area (Å²) in [6.45, 7) is 3.11. The van der Waals surface area contributed by atoms with Gasteiger partial charge in [-0.05, 0) is 38.4 Å². The lowest BCUT2D eigenvalue weighted by Gasteiger charge is -2.28. The summed E-state index contributed by atoms with van der Waals surface area (Å²) in [4.78, 5) is 18.3. The minimum Gasteiger partial charge on any atom is -0.363 e. The molecule has 104 valence electrons. The molecule has 0 aliphatic carbocycles. The lowest BCUT2D eigenvalue weighted by molar-refractivity contribution is 0.0925. The van der Waals surface area contributed by atoms with Gasteiger partial charge in [-0.3, -0.25) is 4.79 Å². The molecule has 0 radical (unpaired) electrons. The van der Waals surface area contributed by atoms with E-state index in [1.165, 1.54) is 0 Å². The monoisotopic (exact) mass is 262 g/mol. The summed E-state index contributed by atoms with van der Waals surface area (Å²) in [6, 6.07) is 4.41. The summed E-state index contributed by atoms with van der Waals surface area (Å²) >= 11 is 0. The number of anilines is 1. The second-order valence-electron chi connectivity index (χ2n) is 5.35. The molecule has 0 aromatic carbocycles. The van der Waals surface area contributed by atoms with Gasteiger partial charge in [-0.2, -0.15) is 0 Å². The Hall–Kier alpha value is -1.62. The summed E-state index contributed by atoms with van der Waals surface area (Å²) in [5.74, 6) is 0.823. The SMILES string of the molecule is CC1CC(NC(=O)c2ccc(N(C)C)nc2)CCN1. The van der Waals surface area contributed by atoms with Crippen LogP contribution in [0.3, 0.4) is 0 Å². The second kappa shape index (κ2) is 6.02. The van der Waals surface area contributed by atoms with Crippen LogP contribution >= 0.6 is 0 Å². The number of carbonyl (C=O) groups is 1. The van der Waals surface area contributed by atoms with Gasteiger partial charge in [0.25, 0.3) is 5.91 Å². The molecule has 1 fully saturated rings. The van der Waals surface area contributed by atoms with Gasteiger partial charge in [0.1, 0.15) is 5.82 Å². The van der Waals surface area contributed by atoms with Crippen molar-refractivity contribution in [2.75, 3.05) is 25.5 Å². The van der Waals surface area contributed by atoms with E-state index in [-0.39, 0.29) is 11.9 Å². The van der Waals surface area contributed by atoms with E-state index in [9.17, 15) is 4.79 Å². The first kappa shape index (κ1) is 13.8. The molecule has 1 amide bonds. The number of nitrogens with zero attached hydrogens (tertiary/aromatic N) is 2. The highest BCUT2D eigenvalue weighted by Crippen LogP contribution is 2.11. The van der Waals surface area contributed by atoms with Gasteiger partial charge >= 0.3 is 0 Å². The van der Waals surface area contributed by atoms with Crippen LogP contribution in [0, 0.1) is 0 Å². The van der Waals surface area contributed by atoms with Crippen LogP contribution in [-0.4, -0.2) is 43.6 Å². The average Bonchev–Trinajstić information content (AvgIpc) is 2.39. The quantitative estimate of drug-likeness (QED) is 0.854. The van der Waals surface area contributed by atoms with Gasteiger partial charge in [-0.15, -0.1) is 0 Å². The maximum absolute atomic E-state index is 12.1. The zero-order chi connectivity index (χ0) is 13.8. The molecule has 2 heterocycles. The Bertz CT molecular complexity index is 430. The van der Waals surface area contributed by atoms with Gasteiger partial charge in [0.05, 0.1) is 5.56 Å². The molecule has 19 heavy (non-hydrogen) atoms. The van der Waals surface area contributed by atoms with Crippen molar-refractivity contribution < 1.29 is 4.79 Å². The maximum Gasteiger partial charge on any atom is 0.253 e. The van der Waals surface area contributed by atoms with E-state index in [1.807, 2.05) is 31.1 Å². The van der Waals surface area contributed by atoms with Crippen LogP contribution in [-0.2, 0) is 0 Å². The molecule has 0 spiro atoms. The Balaban J connectivity index is 1.95. The van der Waals surface area contributed by atoms with Crippen LogP contribution in [0.25, 0.3) is 0 Å². The van der Waals surface area contributed by atoms with E-state index in [2.05, 4.69) is 22.5 Å². The van der Waals surface area contributed by atoms with Gasteiger partial charge < -0.3 is 15.5 Å². The smallest absolute Gasteiger partial charge is 0.253 e. The van der Waals surface area contributed by atoms with Crippen LogP contribution < -0.4 is 15.5 Å². The topological polar surface area (TPSA) is 57.3 Å². The molecule has 2 unspecified atom stereocenters. The first-order chi connectivity index (χ1) is 9.06. The largest absolute Gasteiger partial charge is 0.363 e. The summed E-state index contributed by atoms with van der Waals surface area (Å²) in [7, 11) is 3.86. The van der Waals surface area contributed by atoms with E-state index in [1.54, 1.807) is 6.20 Å². The van der Waals surface area contributed by atoms with E-state index >= 15 is 0 Å². The highest BCUT2D eigenvalue weighted by atomic mass is 16.1. The molecule has 1 aromatic rings. The number of piperidine rings is 1. The Kier molecular flexibility index (Phi) is 4.37. The molecular formula is C14H22N4O. The van der Waals surface area contributed by atoms with Crippen molar-refractivity contribution >= 4 is 11.7 Å². The molecule has 5 heteroatoms. The number of amides is 1. The predicted molar refractivity (Wildman–Crippen MR) is 76.5 cm³/mol. The lowest BCUT2D eigenvalue weighted by atomic mass is 10.0. The van der Waals surface area contributed by atoms with E-state index < -0.39 is 0 Å². The van der Waals surface area contributed by atoms with Crippen molar-refractivity contribution in [3.05, 3.63) is 23.9 Å². The van der Waals surface area contributed by atoms with Gasteiger partial charge in [0, 0.05) is 32.4 Å². The Morgan fingerprint density at radius 3 is 2.84 bits per heavy atom. The number of aromatic nitrogens is 1. The molecule has 1 aromatic heterocycles. The van der Waals surface area contributed by atoms with Crippen molar-refractivity contribution in [3.63, 3.8) is 0 Å². The molecule has 1 aliphatic rings. The number of rotatable bonds is 3. The van der Waals surface area contributed by atoms with Gasteiger partial charge in [0.15, 0.2) is 0 Å². The van der Waals surface area contributed by atoms with Crippen molar-refractivity contribution in [1.29, 1.82) is 0 Å². The van der Waals surface area contributed by atoms with Crippen LogP contribution in [0.5, 0.6) is 0 Å². The highest BCUT2D eigenvalue weighted by molar-refractivity contribution is 5.94. The number of pyridine rings is 1. The van der Waals surface area contributed by atoms with Crippen LogP contribution in [0.2, 0.25) is 0 Å². The van der Waals surface area contributed by atoms with Crippen molar-refractivity contribution in [2.24, 2.45) is 0 Å². The number of carbonyl (C=O) groups excluding carboxylic acids is 1. The summed E-state index contributed by atoms with van der Waals surface area (Å²) < 4.78 is 0. The standard InChI is InChI=1S/C14H22N4O/c1-10-8-12(6-7-15-10)17-14(19)11-4-5-13(16-9-11)18(2)3/h4-5,9-10,12,15H,6-8H2,1-3H3,(H,17,19). The zero-order valence-corrected chi connectivity index (χ0v) is 11.8. The Labute approximate surface area is 114 Å².